The first kappa shape index (κ1) is 12.8. The molecule has 0 spiro atoms. The molecule has 3 aromatic heterocycles. The van der Waals surface area contributed by atoms with E-state index in [1.807, 2.05) is 18.6 Å². The summed E-state index contributed by atoms with van der Waals surface area (Å²) in [6, 6.07) is 0. The number of nitrogens with two attached hydrogens (primary N) is 1. The van der Waals surface area contributed by atoms with Gasteiger partial charge >= 0.3 is 0 Å². The third kappa shape index (κ3) is 2.85. The van der Waals surface area contributed by atoms with Crippen LogP contribution < -0.4 is 5.73 Å². The fourth-order valence-corrected chi connectivity index (χ4v) is 2.47. The normalized spacial score (nSPS) is 11.1. The van der Waals surface area contributed by atoms with Gasteiger partial charge in [0.15, 0.2) is 5.13 Å². The largest absolute Gasteiger partial charge is 0.375 e. The van der Waals surface area contributed by atoms with Gasteiger partial charge in [0.1, 0.15) is 0 Å². The van der Waals surface area contributed by atoms with Gasteiger partial charge in [0, 0.05) is 25.0 Å². The van der Waals surface area contributed by atoms with Crippen LogP contribution in [0.1, 0.15) is 18.0 Å². The van der Waals surface area contributed by atoms with Crippen LogP contribution in [-0.4, -0.2) is 24.9 Å². The van der Waals surface area contributed by atoms with E-state index in [2.05, 4.69) is 20.2 Å². The lowest BCUT2D eigenvalue weighted by Gasteiger charge is -1.93. The lowest BCUT2D eigenvalue weighted by molar-refractivity contribution is 0.376. The second kappa shape index (κ2) is 5.41. The maximum Gasteiger partial charge on any atom is 0.226 e. The van der Waals surface area contributed by atoms with Crippen LogP contribution in [0.15, 0.2) is 22.3 Å². The smallest absolute Gasteiger partial charge is 0.226 e. The van der Waals surface area contributed by atoms with Crippen molar-refractivity contribution in [3.63, 3.8) is 0 Å². The average molecular weight is 290 g/mol. The molecule has 20 heavy (non-hydrogen) atoms. The van der Waals surface area contributed by atoms with Gasteiger partial charge in [0.25, 0.3) is 0 Å². The number of anilines is 1. The number of nitrogens with zero attached hydrogens (tertiary/aromatic N) is 5. The van der Waals surface area contributed by atoms with Crippen LogP contribution in [0.5, 0.6) is 0 Å². The predicted octanol–water partition coefficient (Wildman–Crippen LogP) is 1.68. The standard InChI is InChI=1S/C12H14N6OS/c1-18-6-8(5-14-18)11-16-10(19-17-11)4-2-3-9-7-20-12(13)15-9/h5-7H,2-4H2,1H3,(H2,13,15). The quantitative estimate of drug-likeness (QED) is 0.768. The minimum absolute atomic E-state index is 0.575. The van der Waals surface area contributed by atoms with E-state index in [4.69, 9.17) is 10.3 Å². The molecule has 104 valence electrons. The van der Waals surface area contributed by atoms with E-state index < -0.39 is 0 Å². The highest BCUT2D eigenvalue weighted by Crippen LogP contribution is 2.16. The van der Waals surface area contributed by atoms with Crippen LogP contribution in [0.25, 0.3) is 11.4 Å². The summed E-state index contributed by atoms with van der Waals surface area (Å²) in [7, 11) is 1.85. The van der Waals surface area contributed by atoms with Crippen LogP contribution in [-0.2, 0) is 19.9 Å². The summed E-state index contributed by atoms with van der Waals surface area (Å²) in [6.07, 6.45) is 6.06. The van der Waals surface area contributed by atoms with Crippen LogP contribution in [0.2, 0.25) is 0 Å². The lowest BCUT2D eigenvalue weighted by atomic mass is 10.2. The molecule has 2 N–H and O–H groups in total. The minimum atomic E-state index is 0.575. The highest BCUT2D eigenvalue weighted by molar-refractivity contribution is 7.13. The van der Waals surface area contributed by atoms with E-state index in [1.165, 1.54) is 11.3 Å². The highest BCUT2D eigenvalue weighted by Gasteiger charge is 2.10. The molecule has 0 bridgehead atoms. The van der Waals surface area contributed by atoms with Crippen molar-refractivity contribution in [1.29, 1.82) is 0 Å². The van der Waals surface area contributed by atoms with Crippen LogP contribution in [0, 0.1) is 0 Å². The first-order chi connectivity index (χ1) is 9.70. The molecule has 0 saturated heterocycles. The molecule has 3 aromatic rings. The van der Waals surface area contributed by atoms with Crippen molar-refractivity contribution >= 4 is 16.5 Å². The number of hydrogen-bond donors (Lipinski definition) is 1. The second-order valence-electron chi connectivity index (χ2n) is 4.45. The average Bonchev–Trinajstić information content (AvgIpc) is 3.11. The number of aryl methyl sites for hydroxylation is 3. The Labute approximate surface area is 119 Å². The zero-order valence-electron chi connectivity index (χ0n) is 11.0. The van der Waals surface area contributed by atoms with Crippen molar-refractivity contribution in [3.05, 3.63) is 29.4 Å². The number of rotatable bonds is 5. The molecule has 0 aliphatic rings. The zero-order valence-corrected chi connectivity index (χ0v) is 11.8. The summed E-state index contributed by atoms with van der Waals surface area (Å²) in [5.74, 6) is 1.21. The Hall–Kier alpha value is -2.22. The molecule has 0 aromatic carbocycles. The zero-order chi connectivity index (χ0) is 13.9. The molecule has 0 fully saturated rings. The second-order valence-corrected chi connectivity index (χ2v) is 5.33. The van der Waals surface area contributed by atoms with Crippen LogP contribution in [0.4, 0.5) is 5.13 Å². The summed E-state index contributed by atoms with van der Waals surface area (Å²) < 4.78 is 6.94. The van der Waals surface area contributed by atoms with E-state index in [0.29, 0.717) is 16.8 Å². The topological polar surface area (TPSA) is 95.7 Å². The molecule has 0 radical (unpaired) electrons. The van der Waals surface area contributed by atoms with Crippen molar-refractivity contribution in [3.8, 4) is 11.4 Å². The van der Waals surface area contributed by atoms with Gasteiger partial charge in [-0.1, -0.05) is 5.16 Å². The SMILES string of the molecule is Cn1cc(-c2noc(CCCc3csc(N)n3)n2)cn1. The fourth-order valence-electron chi connectivity index (χ4n) is 1.87. The fraction of sp³-hybridized carbons (Fsp3) is 0.333. The molecule has 0 aliphatic heterocycles. The first-order valence-electron chi connectivity index (χ1n) is 6.22. The van der Waals surface area contributed by atoms with E-state index >= 15 is 0 Å². The van der Waals surface area contributed by atoms with Gasteiger partial charge < -0.3 is 10.3 Å². The molecule has 8 heteroatoms. The monoisotopic (exact) mass is 290 g/mol. The maximum absolute atomic E-state index is 5.59. The Morgan fingerprint density at radius 3 is 2.95 bits per heavy atom. The Bertz CT molecular complexity index is 700. The number of aromatic nitrogens is 5. The Balaban J connectivity index is 1.57. The number of nitrogen functional groups attached to an aromatic ring is 1. The Morgan fingerprint density at radius 2 is 2.25 bits per heavy atom. The molecule has 0 atom stereocenters. The molecule has 3 rings (SSSR count). The van der Waals surface area contributed by atoms with Crippen molar-refractivity contribution in [2.45, 2.75) is 19.3 Å². The maximum atomic E-state index is 5.59. The van der Waals surface area contributed by atoms with Crippen molar-refractivity contribution in [2.24, 2.45) is 7.05 Å². The Morgan fingerprint density at radius 1 is 1.35 bits per heavy atom. The molecular weight excluding hydrogens is 276 g/mol. The molecule has 7 nitrogen and oxygen atoms in total. The van der Waals surface area contributed by atoms with Gasteiger partial charge in [0.05, 0.1) is 17.5 Å². The van der Waals surface area contributed by atoms with Crippen molar-refractivity contribution in [1.82, 2.24) is 24.9 Å². The summed E-state index contributed by atoms with van der Waals surface area (Å²) in [6.45, 7) is 0. The highest BCUT2D eigenvalue weighted by atomic mass is 32.1. The van der Waals surface area contributed by atoms with Crippen molar-refractivity contribution in [2.75, 3.05) is 5.73 Å². The third-order valence-electron chi connectivity index (χ3n) is 2.82. The molecule has 0 amide bonds. The van der Waals surface area contributed by atoms with E-state index in [9.17, 15) is 0 Å². The van der Waals surface area contributed by atoms with E-state index in [1.54, 1.807) is 10.9 Å². The molecule has 3 heterocycles. The van der Waals surface area contributed by atoms with Crippen molar-refractivity contribution < 1.29 is 4.52 Å². The van der Waals surface area contributed by atoms with Gasteiger partial charge in [0.2, 0.25) is 11.7 Å². The van der Waals surface area contributed by atoms with Gasteiger partial charge in [-0.15, -0.1) is 11.3 Å². The van der Waals surface area contributed by atoms with Gasteiger partial charge in [-0.3, -0.25) is 4.68 Å². The lowest BCUT2D eigenvalue weighted by Crippen LogP contribution is -1.91. The molecule has 0 aliphatic carbocycles. The van der Waals surface area contributed by atoms with Crippen LogP contribution >= 0.6 is 11.3 Å². The molecule has 0 saturated carbocycles. The van der Waals surface area contributed by atoms with Gasteiger partial charge in [-0.05, 0) is 12.8 Å². The summed E-state index contributed by atoms with van der Waals surface area (Å²) >= 11 is 1.46. The first-order valence-corrected chi connectivity index (χ1v) is 7.10. The summed E-state index contributed by atoms with van der Waals surface area (Å²) in [5, 5.41) is 10.6. The summed E-state index contributed by atoms with van der Waals surface area (Å²) in [4.78, 5) is 8.57. The third-order valence-corrected chi connectivity index (χ3v) is 3.55. The Kier molecular flexibility index (Phi) is 3.46. The minimum Gasteiger partial charge on any atom is -0.375 e. The number of thiazole rings is 1. The van der Waals surface area contributed by atoms with Gasteiger partial charge in [-0.2, -0.15) is 10.1 Å². The molecular formula is C12H14N6OS. The number of hydrogen-bond acceptors (Lipinski definition) is 7. The van der Waals surface area contributed by atoms with Gasteiger partial charge in [-0.25, -0.2) is 4.98 Å². The van der Waals surface area contributed by atoms with E-state index in [-0.39, 0.29) is 0 Å². The molecule has 0 unspecified atom stereocenters. The van der Waals surface area contributed by atoms with Crippen LogP contribution in [0.3, 0.4) is 0 Å². The predicted molar refractivity (Wildman–Crippen MR) is 75.1 cm³/mol. The van der Waals surface area contributed by atoms with E-state index in [0.717, 1.165) is 30.5 Å². The summed E-state index contributed by atoms with van der Waals surface area (Å²) in [5.41, 5.74) is 7.46.